The third-order valence-electron chi connectivity index (χ3n) is 6.15. The summed E-state index contributed by atoms with van der Waals surface area (Å²) >= 11 is 0. The summed E-state index contributed by atoms with van der Waals surface area (Å²) in [6.07, 6.45) is 0.0255. The molecule has 2 heterocycles. The van der Waals surface area contributed by atoms with Crippen LogP contribution < -0.4 is 10.7 Å². The molecule has 1 saturated carbocycles. The molecule has 2 N–H and O–H groups in total. The number of carbonyl (C=O) groups excluding carboxylic acids is 2. The molecule has 0 radical (unpaired) electrons. The van der Waals surface area contributed by atoms with Crippen molar-refractivity contribution < 1.29 is 22.8 Å². The number of hydrogen-bond acceptors (Lipinski definition) is 5. The Kier molecular flexibility index (Phi) is 5.81. The van der Waals surface area contributed by atoms with Crippen LogP contribution in [0.15, 0.2) is 29.4 Å². The Balaban J connectivity index is 1.53. The van der Waals surface area contributed by atoms with E-state index in [2.05, 4.69) is 27.7 Å². The molecular weight excluding hydrogens is 411 g/mol. The lowest BCUT2D eigenvalue weighted by Gasteiger charge is -2.51. The number of amides is 2. The Morgan fingerprint density at radius 3 is 2.65 bits per heavy atom. The predicted octanol–water partition coefficient (Wildman–Crippen LogP) is 3.14. The van der Waals surface area contributed by atoms with Gasteiger partial charge >= 0.3 is 6.18 Å². The zero-order valence-electron chi connectivity index (χ0n) is 17.3. The normalized spacial score (nSPS) is 25.5. The molecule has 2 fully saturated rings. The van der Waals surface area contributed by atoms with Crippen LogP contribution in [0, 0.1) is 0 Å². The van der Waals surface area contributed by atoms with Crippen molar-refractivity contribution in [1.82, 2.24) is 15.2 Å². The number of fused-ring (bicyclic) bond motifs is 3. The number of benzene rings is 1. The zero-order chi connectivity index (χ0) is 22.2. The van der Waals surface area contributed by atoms with Gasteiger partial charge in [0.2, 0.25) is 5.91 Å². The lowest BCUT2D eigenvalue weighted by molar-refractivity contribution is -0.151. The van der Waals surface area contributed by atoms with Gasteiger partial charge in [-0.05, 0) is 31.4 Å². The Morgan fingerprint density at radius 2 is 1.94 bits per heavy atom. The summed E-state index contributed by atoms with van der Waals surface area (Å²) in [6.45, 7) is 1.76. The predicted molar refractivity (Wildman–Crippen MR) is 109 cm³/mol. The van der Waals surface area contributed by atoms with Crippen molar-refractivity contribution in [3.05, 3.63) is 29.8 Å². The number of nitrogens with one attached hydrogen (secondary N) is 2. The molecule has 0 aromatic heterocycles. The largest absolute Gasteiger partial charge is 0.418 e. The van der Waals surface area contributed by atoms with Crippen molar-refractivity contribution >= 4 is 23.3 Å². The molecule has 4 rings (SSSR count). The van der Waals surface area contributed by atoms with Gasteiger partial charge in [0, 0.05) is 6.42 Å². The van der Waals surface area contributed by atoms with Crippen LogP contribution in [0.3, 0.4) is 0 Å². The molecule has 3 aliphatic rings. The van der Waals surface area contributed by atoms with Gasteiger partial charge in [-0.1, -0.05) is 31.9 Å². The molecular formula is C21H26F3N5O2. The minimum absolute atomic E-state index is 0.0482. The molecule has 10 heteroatoms. The molecule has 1 aromatic carbocycles. The van der Waals surface area contributed by atoms with Crippen LogP contribution in [0.25, 0.3) is 0 Å². The van der Waals surface area contributed by atoms with Crippen molar-refractivity contribution in [2.75, 3.05) is 11.9 Å². The molecule has 7 nitrogen and oxygen atoms in total. The van der Waals surface area contributed by atoms with Crippen LogP contribution >= 0.6 is 0 Å². The average molecular weight is 437 g/mol. The highest BCUT2D eigenvalue weighted by molar-refractivity contribution is 5.98. The number of carbonyl (C=O) groups is 2. The summed E-state index contributed by atoms with van der Waals surface area (Å²) in [4.78, 5) is 29.5. The number of hydrogen-bond donors (Lipinski definition) is 2. The molecule has 0 spiro atoms. The maximum atomic E-state index is 13.2. The van der Waals surface area contributed by atoms with E-state index in [1.807, 2.05) is 0 Å². The van der Waals surface area contributed by atoms with Crippen LogP contribution in [0.5, 0.6) is 0 Å². The molecule has 3 unspecified atom stereocenters. The number of amidine groups is 1. The second-order valence-corrected chi connectivity index (χ2v) is 8.19. The molecule has 1 aromatic rings. The first-order chi connectivity index (χ1) is 14.8. The minimum atomic E-state index is -4.58. The summed E-state index contributed by atoms with van der Waals surface area (Å²) in [5, 5.41) is 6.70. The fraction of sp³-hybridized carbons (Fsp3) is 0.571. The van der Waals surface area contributed by atoms with E-state index in [4.69, 9.17) is 0 Å². The molecule has 3 atom stereocenters. The maximum Gasteiger partial charge on any atom is 0.418 e. The van der Waals surface area contributed by atoms with E-state index in [9.17, 15) is 22.8 Å². The van der Waals surface area contributed by atoms with Gasteiger partial charge in [-0.25, -0.2) is 0 Å². The smallest absolute Gasteiger partial charge is 0.325 e. The Labute approximate surface area is 178 Å². The fourth-order valence-corrected chi connectivity index (χ4v) is 4.85. The van der Waals surface area contributed by atoms with Gasteiger partial charge < -0.3 is 15.1 Å². The van der Waals surface area contributed by atoms with E-state index in [1.165, 1.54) is 23.1 Å². The lowest BCUT2D eigenvalue weighted by Crippen LogP contribution is -2.69. The quantitative estimate of drug-likeness (QED) is 0.742. The second-order valence-electron chi connectivity index (χ2n) is 8.19. The highest BCUT2D eigenvalue weighted by Crippen LogP contribution is 2.36. The molecule has 1 saturated heterocycles. The Bertz CT molecular complexity index is 888. The maximum absolute atomic E-state index is 13.2. The SMILES string of the molecule is CCCC1=NNC2C(=O)N(CC(=O)Nc3ccccc3C(F)(F)F)C3CCCCC3N12. The van der Waals surface area contributed by atoms with Crippen LogP contribution in [-0.4, -0.2) is 52.2 Å². The van der Waals surface area contributed by atoms with Crippen LogP contribution in [-0.2, 0) is 15.8 Å². The van der Waals surface area contributed by atoms with Crippen LogP contribution in [0.2, 0.25) is 0 Å². The highest BCUT2D eigenvalue weighted by Gasteiger charge is 2.51. The van der Waals surface area contributed by atoms with Gasteiger partial charge in [-0.2, -0.15) is 18.3 Å². The number of alkyl halides is 3. The third-order valence-corrected chi connectivity index (χ3v) is 6.15. The number of nitrogens with zero attached hydrogens (tertiary/aromatic N) is 3. The lowest BCUT2D eigenvalue weighted by atomic mass is 9.85. The average Bonchev–Trinajstić information content (AvgIpc) is 3.15. The first kappa shape index (κ1) is 21.5. The number of hydrazone groups is 1. The molecule has 2 amide bonds. The summed E-state index contributed by atoms with van der Waals surface area (Å²) in [5.74, 6) is -0.0475. The van der Waals surface area contributed by atoms with Gasteiger partial charge in [0.25, 0.3) is 5.91 Å². The monoisotopic (exact) mass is 437 g/mol. The molecule has 1 aliphatic carbocycles. The number of halogens is 3. The minimum Gasteiger partial charge on any atom is -0.325 e. The number of rotatable bonds is 5. The summed E-state index contributed by atoms with van der Waals surface area (Å²) in [5.41, 5.74) is 1.68. The van der Waals surface area contributed by atoms with Crippen molar-refractivity contribution in [3.63, 3.8) is 0 Å². The molecule has 0 bridgehead atoms. The summed E-state index contributed by atoms with van der Waals surface area (Å²) < 4.78 is 39.7. The van der Waals surface area contributed by atoms with E-state index in [1.54, 1.807) is 0 Å². The van der Waals surface area contributed by atoms with Crippen molar-refractivity contribution in [2.45, 2.75) is 69.9 Å². The van der Waals surface area contributed by atoms with Crippen LogP contribution in [0.4, 0.5) is 18.9 Å². The molecule has 2 aliphatic heterocycles. The van der Waals surface area contributed by atoms with Gasteiger partial charge in [0.05, 0.1) is 23.3 Å². The standard InChI is InChI=1S/C21H26F3N5O2/c1-2-7-17-26-27-19-20(31)28(15-10-5-6-11-16(15)29(17)19)12-18(30)25-14-9-4-3-8-13(14)21(22,23)24/h3-4,8-9,15-16,19,27H,2,5-7,10-12H2,1H3,(H,25,30). The van der Waals surface area contributed by atoms with E-state index in [0.29, 0.717) is 0 Å². The van der Waals surface area contributed by atoms with Crippen LogP contribution in [0.1, 0.15) is 51.0 Å². The van der Waals surface area contributed by atoms with E-state index in [-0.39, 0.29) is 30.2 Å². The Morgan fingerprint density at radius 1 is 1.23 bits per heavy atom. The first-order valence-electron chi connectivity index (χ1n) is 10.7. The van der Waals surface area contributed by atoms with E-state index in [0.717, 1.165) is 50.4 Å². The van der Waals surface area contributed by atoms with Gasteiger partial charge in [0.1, 0.15) is 12.4 Å². The van der Waals surface area contributed by atoms with Gasteiger partial charge in [-0.15, -0.1) is 0 Å². The van der Waals surface area contributed by atoms with Gasteiger partial charge in [-0.3, -0.25) is 15.0 Å². The first-order valence-corrected chi connectivity index (χ1v) is 10.7. The van der Waals surface area contributed by atoms with E-state index >= 15 is 0 Å². The van der Waals surface area contributed by atoms with Gasteiger partial charge in [0.15, 0.2) is 6.17 Å². The number of anilines is 1. The molecule has 31 heavy (non-hydrogen) atoms. The topological polar surface area (TPSA) is 77.0 Å². The van der Waals surface area contributed by atoms with E-state index < -0.39 is 23.8 Å². The van der Waals surface area contributed by atoms with Crippen molar-refractivity contribution in [1.29, 1.82) is 0 Å². The highest BCUT2D eigenvalue weighted by atomic mass is 19.4. The summed E-state index contributed by atoms with van der Waals surface area (Å²) in [6, 6.07) is 4.73. The van der Waals surface area contributed by atoms with Crippen molar-refractivity contribution in [2.24, 2.45) is 5.10 Å². The number of piperazine rings is 1. The summed E-state index contributed by atoms with van der Waals surface area (Å²) in [7, 11) is 0. The zero-order valence-corrected chi connectivity index (χ0v) is 17.3. The molecule has 168 valence electrons. The number of para-hydroxylation sites is 1. The third kappa shape index (κ3) is 4.07. The second kappa shape index (κ2) is 8.39. The Hall–Kier alpha value is -2.78. The van der Waals surface area contributed by atoms with Crippen molar-refractivity contribution in [3.8, 4) is 0 Å². The fourth-order valence-electron chi connectivity index (χ4n) is 4.85.